The van der Waals surface area contributed by atoms with E-state index >= 15 is 0 Å². The normalized spacial score (nSPS) is 17.9. The van der Waals surface area contributed by atoms with E-state index in [0.29, 0.717) is 6.04 Å². The van der Waals surface area contributed by atoms with Gasteiger partial charge in [0.2, 0.25) is 0 Å². The van der Waals surface area contributed by atoms with Crippen LogP contribution in [-0.4, -0.2) is 36.5 Å². The number of amides is 1. The minimum Gasteiger partial charge on any atom is -0.339 e. The van der Waals surface area contributed by atoms with Crippen molar-refractivity contribution in [2.24, 2.45) is 5.92 Å². The van der Waals surface area contributed by atoms with Crippen LogP contribution in [0.15, 0.2) is 54.6 Å². The highest BCUT2D eigenvalue weighted by molar-refractivity contribution is 5.95. The third-order valence-corrected chi connectivity index (χ3v) is 5.95. The first-order valence-corrected chi connectivity index (χ1v) is 10.4. The highest BCUT2D eigenvalue weighted by atomic mass is 16.2. The molecule has 2 aromatic carbocycles. The van der Waals surface area contributed by atoms with E-state index in [1.54, 1.807) is 0 Å². The number of hydrogen-bond acceptors (Lipinski definition) is 2. The van der Waals surface area contributed by atoms with Gasteiger partial charge < -0.3 is 10.2 Å². The first kappa shape index (κ1) is 18.2. The van der Waals surface area contributed by atoms with E-state index in [-0.39, 0.29) is 5.91 Å². The topological polar surface area (TPSA) is 32.3 Å². The molecule has 1 N–H and O–H groups in total. The van der Waals surface area contributed by atoms with E-state index in [1.807, 2.05) is 24.3 Å². The Morgan fingerprint density at radius 1 is 0.889 bits per heavy atom. The molecule has 0 spiro atoms. The maximum atomic E-state index is 13.1. The van der Waals surface area contributed by atoms with Gasteiger partial charge >= 0.3 is 0 Å². The molecule has 0 radical (unpaired) electrons. The second-order valence-electron chi connectivity index (χ2n) is 8.06. The van der Waals surface area contributed by atoms with Crippen LogP contribution in [0.2, 0.25) is 0 Å². The van der Waals surface area contributed by atoms with Gasteiger partial charge in [-0.1, -0.05) is 48.5 Å². The summed E-state index contributed by atoms with van der Waals surface area (Å²) in [6, 6.07) is 19.2. The lowest BCUT2D eigenvalue weighted by molar-refractivity contribution is 0.0704. The molecule has 0 aromatic heterocycles. The van der Waals surface area contributed by atoms with Gasteiger partial charge in [0, 0.05) is 24.7 Å². The summed E-state index contributed by atoms with van der Waals surface area (Å²) in [6.45, 7) is 2.91. The second-order valence-corrected chi connectivity index (χ2v) is 8.06. The zero-order valence-electron chi connectivity index (χ0n) is 16.1. The number of nitrogens with zero attached hydrogens (tertiary/aromatic N) is 1. The van der Waals surface area contributed by atoms with Gasteiger partial charge in [0.25, 0.3) is 5.91 Å². The third-order valence-electron chi connectivity index (χ3n) is 5.95. The second kappa shape index (κ2) is 8.71. The Hall–Kier alpha value is -2.13. The molecule has 2 fully saturated rings. The lowest BCUT2D eigenvalue weighted by Gasteiger charge is -2.33. The van der Waals surface area contributed by atoms with E-state index in [9.17, 15) is 4.79 Å². The zero-order chi connectivity index (χ0) is 18.5. The SMILES string of the molecule is O=C(c1ccccc1CCc1ccccc1)N1CCC(NCC2CC2)CC1. The molecule has 2 aliphatic rings. The number of hydrogen-bond donors (Lipinski definition) is 1. The molecular formula is C24H30N2O. The smallest absolute Gasteiger partial charge is 0.254 e. The van der Waals surface area contributed by atoms with Gasteiger partial charge in [-0.2, -0.15) is 0 Å². The molecule has 142 valence electrons. The Morgan fingerprint density at radius 3 is 2.33 bits per heavy atom. The Kier molecular flexibility index (Phi) is 5.88. The lowest BCUT2D eigenvalue weighted by atomic mass is 9.97. The van der Waals surface area contributed by atoms with Gasteiger partial charge in [0.15, 0.2) is 0 Å². The molecule has 0 atom stereocenters. The minimum atomic E-state index is 0.208. The van der Waals surface area contributed by atoms with Crippen LogP contribution in [0.3, 0.4) is 0 Å². The molecule has 2 aromatic rings. The predicted octanol–water partition coefficient (Wildman–Crippen LogP) is 4.08. The van der Waals surface area contributed by atoms with Crippen LogP contribution in [-0.2, 0) is 12.8 Å². The van der Waals surface area contributed by atoms with E-state index in [0.717, 1.165) is 50.3 Å². The van der Waals surface area contributed by atoms with Gasteiger partial charge in [-0.3, -0.25) is 4.79 Å². The van der Waals surface area contributed by atoms with Crippen LogP contribution < -0.4 is 5.32 Å². The summed E-state index contributed by atoms with van der Waals surface area (Å²) in [7, 11) is 0. The van der Waals surface area contributed by atoms with Gasteiger partial charge in [-0.25, -0.2) is 0 Å². The highest BCUT2D eigenvalue weighted by Gasteiger charge is 2.27. The Balaban J connectivity index is 1.34. The first-order chi connectivity index (χ1) is 13.3. The number of rotatable bonds is 7. The van der Waals surface area contributed by atoms with Crippen LogP contribution in [0, 0.1) is 5.92 Å². The molecule has 1 saturated carbocycles. The summed E-state index contributed by atoms with van der Waals surface area (Å²) in [5.41, 5.74) is 3.38. The zero-order valence-corrected chi connectivity index (χ0v) is 16.1. The molecule has 1 saturated heterocycles. The number of aryl methyl sites for hydroxylation is 2. The molecule has 1 aliphatic carbocycles. The molecule has 0 unspecified atom stereocenters. The van der Waals surface area contributed by atoms with Crippen LogP contribution in [0.4, 0.5) is 0 Å². The van der Waals surface area contributed by atoms with Crippen molar-refractivity contribution in [3.63, 3.8) is 0 Å². The fourth-order valence-electron chi connectivity index (χ4n) is 3.98. The van der Waals surface area contributed by atoms with Crippen molar-refractivity contribution >= 4 is 5.91 Å². The molecule has 3 heteroatoms. The molecule has 3 nitrogen and oxygen atoms in total. The first-order valence-electron chi connectivity index (χ1n) is 10.4. The number of nitrogens with one attached hydrogen (secondary N) is 1. The number of carbonyl (C=O) groups is 1. The summed E-state index contributed by atoms with van der Waals surface area (Å²) in [5, 5.41) is 3.69. The summed E-state index contributed by atoms with van der Waals surface area (Å²) >= 11 is 0. The molecule has 1 heterocycles. The van der Waals surface area contributed by atoms with Gasteiger partial charge in [-0.15, -0.1) is 0 Å². The third kappa shape index (κ3) is 4.98. The van der Waals surface area contributed by atoms with Crippen LogP contribution >= 0.6 is 0 Å². The average molecular weight is 363 g/mol. The van der Waals surface area contributed by atoms with Crippen molar-refractivity contribution < 1.29 is 4.79 Å². The summed E-state index contributed by atoms with van der Waals surface area (Å²) in [4.78, 5) is 15.2. The summed E-state index contributed by atoms with van der Waals surface area (Å²) in [6.07, 6.45) is 6.81. The highest BCUT2D eigenvalue weighted by Crippen LogP contribution is 2.28. The monoisotopic (exact) mass is 362 g/mol. The Labute approximate surface area is 162 Å². The van der Waals surface area contributed by atoms with Crippen LogP contribution in [0.5, 0.6) is 0 Å². The van der Waals surface area contributed by atoms with Crippen molar-refractivity contribution in [3.8, 4) is 0 Å². The number of likely N-dealkylation sites (tertiary alicyclic amines) is 1. The Bertz CT molecular complexity index is 746. The van der Waals surface area contributed by atoms with E-state index in [4.69, 9.17) is 0 Å². The molecule has 4 rings (SSSR count). The number of piperidine rings is 1. The maximum Gasteiger partial charge on any atom is 0.254 e. The Morgan fingerprint density at radius 2 is 1.59 bits per heavy atom. The van der Waals surface area contributed by atoms with Crippen LogP contribution in [0.1, 0.15) is 47.2 Å². The summed E-state index contributed by atoms with van der Waals surface area (Å²) < 4.78 is 0. The lowest BCUT2D eigenvalue weighted by Crippen LogP contribution is -2.45. The average Bonchev–Trinajstić information content (AvgIpc) is 3.56. The summed E-state index contributed by atoms with van der Waals surface area (Å²) in [5.74, 6) is 1.13. The van der Waals surface area contributed by atoms with E-state index in [1.165, 1.54) is 30.5 Å². The fraction of sp³-hybridized carbons (Fsp3) is 0.458. The van der Waals surface area contributed by atoms with Gasteiger partial charge in [0.05, 0.1) is 0 Å². The predicted molar refractivity (Wildman–Crippen MR) is 110 cm³/mol. The number of benzene rings is 2. The molecule has 1 aliphatic heterocycles. The molecule has 27 heavy (non-hydrogen) atoms. The van der Waals surface area contributed by atoms with Crippen molar-refractivity contribution in [1.29, 1.82) is 0 Å². The van der Waals surface area contributed by atoms with E-state index in [2.05, 4.69) is 40.5 Å². The van der Waals surface area contributed by atoms with Gasteiger partial charge in [-0.05, 0) is 68.2 Å². The maximum absolute atomic E-state index is 13.1. The number of carbonyl (C=O) groups excluding carboxylic acids is 1. The minimum absolute atomic E-state index is 0.208. The van der Waals surface area contributed by atoms with Gasteiger partial charge in [0.1, 0.15) is 0 Å². The molecule has 1 amide bonds. The van der Waals surface area contributed by atoms with E-state index < -0.39 is 0 Å². The standard InChI is InChI=1S/C24H30N2O/c27-24(26-16-14-22(15-17-26)25-18-20-10-11-20)23-9-5-4-8-21(23)13-12-19-6-2-1-3-7-19/h1-9,20,22,25H,10-18H2. The fourth-order valence-corrected chi connectivity index (χ4v) is 3.98. The van der Waals surface area contributed by atoms with Crippen molar-refractivity contribution in [2.45, 2.75) is 44.6 Å². The largest absolute Gasteiger partial charge is 0.339 e. The van der Waals surface area contributed by atoms with Crippen molar-refractivity contribution in [2.75, 3.05) is 19.6 Å². The van der Waals surface area contributed by atoms with Crippen molar-refractivity contribution in [1.82, 2.24) is 10.2 Å². The molecular weight excluding hydrogens is 332 g/mol. The van der Waals surface area contributed by atoms with Crippen molar-refractivity contribution in [3.05, 3.63) is 71.3 Å². The molecule has 0 bridgehead atoms. The quantitative estimate of drug-likeness (QED) is 0.805. The van der Waals surface area contributed by atoms with Crippen LogP contribution in [0.25, 0.3) is 0 Å².